The lowest BCUT2D eigenvalue weighted by Crippen LogP contribution is -2.69. The summed E-state index contributed by atoms with van der Waals surface area (Å²) in [5.74, 6) is -0.730. The molecule has 11 unspecified atom stereocenters. The normalized spacial score (nSPS) is 30.1. The third-order valence-electron chi connectivity index (χ3n) is 24.8. The number of rotatable bonds is 30. The van der Waals surface area contributed by atoms with Gasteiger partial charge in [-0.25, -0.2) is 8.42 Å². The molecule has 5 aliphatic rings. The molecule has 5 fully saturated rings. The number of ether oxygens (including phenoxy) is 7. The maximum atomic E-state index is 14.4. The Bertz CT molecular complexity index is 2900. The zero-order chi connectivity index (χ0) is 74.0. The van der Waals surface area contributed by atoms with Gasteiger partial charge in [-0.2, -0.15) is 0 Å². The zero-order valence-electron chi connectivity index (χ0n) is 66.7. The highest BCUT2D eigenvalue weighted by Crippen LogP contribution is 2.49. The Morgan fingerprint density at radius 1 is 0.633 bits per heavy atom. The van der Waals surface area contributed by atoms with Crippen molar-refractivity contribution in [2.75, 3.05) is 26.6 Å². The predicted molar refractivity (Wildman–Crippen MR) is 412 cm³/mol. The molecule has 0 N–H and O–H groups in total. The molecule has 21 heteroatoms. The molecule has 5 heterocycles. The van der Waals surface area contributed by atoms with E-state index in [4.69, 9.17) is 55.3 Å². The minimum atomic E-state index is -3.75. The van der Waals surface area contributed by atoms with Gasteiger partial charge in [-0.3, -0.25) is 4.79 Å². The van der Waals surface area contributed by atoms with Crippen LogP contribution in [0, 0.1) is 11.8 Å². The Morgan fingerprint density at radius 2 is 1.19 bits per heavy atom. The van der Waals surface area contributed by atoms with E-state index < -0.39 is 106 Å². The van der Waals surface area contributed by atoms with Gasteiger partial charge in [0.25, 0.3) is 0 Å². The Kier molecular flexibility index (Phi) is 28.9. The van der Waals surface area contributed by atoms with E-state index >= 15 is 0 Å². The lowest BCUT2D eigenvalue weighted by molar-refractivity contribution is -0.267. The van der Waals surface area contributed by atoms with Crippen LogP contribution in [-0.2, 0) is 69.9 Å². The third-order valence-corrected chi connectivity index (χ3v) is 49.1. The molecule has 98 heavy (non-hydrogen) atoms. The van der Waals surface area contributed by atoms with Gasteiger partial charge in [-0.15, -0.1) is 0 Å². The number of carbonyl (C=O) groups is 1. The summed E-state index contributed by atoms with van der Waals surface area (Å²) in [7, 11) is -12.5. The quantitative estimate of drug-likeness (QED) is 0.0309. The van der Waals surface area contributed by atoms with Gasteiger partial charge in [-0.1, -0.05) is 154 Å². The summed E-state index contributed by atoms with van der Waals surface area (Å²) in [5, 5.41) is -0.332. The number of hydrogen-bond acceptors (Lipinski definition) is 15. The second-order valence-electron chi connectivity index (χ2n) is 37.5. The number of esters is 1. The fourth-order valence-corrected chi connectivity index (χ4v) is 21.1. The second-order valence-corrected chi connectivity index (χ2v) is 63.3. The highest BCUT2D eigenvalue weighted by molar-refractivity contribution is 7.91. The minimum absolute atomic E-state index is 0.00552. The Morgan fingerprint density at radius 3 is 1.76 bits per heavy atom. The van der Waals surface area contributed by atoms with Gasteiger partial charge in [0.1, 0.15) is 24.4 Å². The molecule has 0 radical (unpaired) electrons. The maximum Gasteiger partial charge on any atom is 0.308 e. The van der Waals surface area contributed by atoms with Crippen molar-refractivity contribution in [3.05, 3.63) is 66.8 Å². The summed E-state index contributed by atoms with van der Waals surface area (Å²) in [6, 6.07) is 8.74. The van der Waals surface area contributed by atoms with Gasteiger partial charge in [-0.05, 0) is 178 Å². The lowest BCUT2D eigenvalue weighted by atomic mass is 9.83. The van der Waals surface area contributed by atoms with Crippen molar-refractivity contribution in [1.82, 2.24) is 0 Å². The van der Waals surface area contributed by atoms with Crippen LogP contribution in [0.2, 0.25) is 90.7 Å². The third kappa shape index (κ3) is 21.8. The smallest absolute Gasteiger partial charge is 0.308 e. The van der Waals surface area contributed by atoms with Gasteiger partial charge < -0.3 is 55.3 Å². The van der Waals surface area contributed by atoms with Gasteiger partial charge in [0.2, 0.25) is 0 Å². The first-order valence-corrected chi connectivity index (χ1v) is 53.5. The standard InChI is InChI=1S/C77H140O15SSi5/c1-52-45-56(85-64(54(52)3)49-65-60(51-93(79,80)59-38-34-32-35-39-59)68(82-20)66(87-65)47-58(89-95(23,24)74(7,8)9)50-83-94(21,22)73(4,5)6)41-43-61-53(2)46-55(84-61)37-33-31-36-40-63(90-96(25,26)75(10,11)12)70-72(92-98(29,30)77(16,17)18)71(91-97(27,28)76(13,14)15)69-62(88-70)44-42-57(86-69)48-67(78)81-19/h32,34-36,38-40,52,55-58,60-66,68-72H,2-3,31,33,37,41-51H2,1,4-30H3/b40-36+/t52-,55?,56?,57?,58?,60+,61?,62+,63?,64?,65+,66?,68-,69?,70+,71?,72?/m1/s1. The molecular weight excluding hydrogens is 1340 g/mol. The van der Waals surface area contributed by atoms with Gasteiger partial charge in [0.05, 0.1) is 97.9 Å². The average Bonchev–Trinajstić information content (AvgIpc) is 0.770. The van der Waals surface area contributed by atoms with Crippen molar-refractivity contribution in [2.24, 2.45) is 11.8 Å². The molecule has 17 atom stereocenters. The Balaban J connectivity index is 1.18. The molecule has 5 saturated heterocycles. The number of unbranched alkanes of at least 4 members (excludes halogenated alkanes) is 1. The first kappa shape index (κ1) is 85.4. The molecule has 0 bridgehead atoms. The minimum Gasteiger partial charge on any atom is -0.469 e. The fraction of sp³-hybridized carbons (Fsp3) is 0.831. The molecule has 6 rings (SSSR count). The van der Waals surface area contributed by atoms with Crippen LogP contribution in [0.5, 0.6) is 0 Å². The van der Waals surface area contributed by atoms with E-state index in [1.54, 1.807) is 31.4 Å². The van der Waals surface area contributed by atoms with Crippen LogP contribution < -0.4 is 0 Å². The fourth-order valence-electron chi connectivity index (χ4n) is 13.2. The van der Waals surface area contributed by atoms with E-state index in [9.17, 15) is 13.2 Å². The van der Waals surface area contributed by atoms with Crippen LogP contribution in [0.25, 0.3) is 0 Å². The molecule has 0 saturated carbocycles. The highest BCUT2D eigenvalue weighted by atomic mass is 32.2. The Hall–Kier alpha value is -1.50. The zero-order valence-corrected chi connectivity index (χ0v) is 72.5. The summed E-state index contributed by atoms with van der Waals surface area (Å²) >= 11 is 0. The lowest BCUT2D eigenvalue weighted by Gasteiger charge is -2.56. The molecule has 564 valence electrons. The number of hydrogen-bond donors (Lipinski definition) is 0. The molecule has 1 aromatic carbocycles. The number of methoxy groups -OCH3 is 2. The molecule has 5 aliphatic heterocycles. The van der Waals surface area contributed by atoms with Gasteiger partial charge in [0.15, 0.2) is 51.4 Å². The van der Waals surface area contributed by atoms with Crippen molar-refractivity contribution in [3.63, 3.8) is 0 Å². The molecule has 15 nitrogen and oxygen atoms in total. The van der Waals surface area contributed by atoms with Crippen molar-refractivity contribution in [3.8, 4) is 0 Å². The molecule has 0 aliphatic carbocycles. The molecule has 0 amide bonds. The monoisotopic (exact) mass is 1480 g/mol. The Labute approximate surface area is 602 Å². The summed E-state index contributed by atoms with van der Waals surface area (Å²) in [5.41, 5.74) is 2.13. The summed E-state index contributed by atoms with van der Waals surface area (Å²) in [6.07, 6.45) is 7.76. The summed E-state index contributed by atoms with van der Waals surface area (Å²) < 4.78 is 113. The predicted octanol–water partition coefficient (Wildman–Crippen LogP) is 18.7. The van der Waals surface area contributed by atoms with E-state index in [0.29, 0.717) is 32.3 Å². The maximum absolute atomic E-state index is 14.4. The molecule has 1 aromatic rings. The number of fused-ring (bicyclic) bond motifs is 1. The van der Waals surface area contributed by atoms with E-state index in [0.717, 1.165) is 56.1 Å². The van der Waals surface area contributed by atoms with Crippen LogP contribution in [0.1, 0.15) is 188 Å². The number of carbonyl (C=O) groups excluding carboxylic acids is 1. The van der Waals surface area contributed by atoms with Crippen LogP contribution in [-0.4, -0.2) is 174 Å². The van der Waals surface area contributed by atoms with Gasteiger partial charge >= 0.3 is 5.97 Å². The van der Waals surface area contributed by atoms with Crippen molar-refractivity contribution >= 4 is 57.4 Å². The number of allylic oxidation sites excluding steroid dienone is 1. The van der Waals surface area contributed by atoms with Crippen molar-refractivity contribution < 1.29 is 68.5 Å². The van der Waals surface area contributed by atoms with Crippen molar-refractivity contribution in [2.45, 2.75) is 375 Å². The average molecular weight is 1480 g/mol. The topological polar surface area (TPSA) is 162 Å². The van der Waals surface area contributed by atoms with Crippen LogP contribution in [0.3, 0.4) is 0 Å². The van der Waals surface area contributed by atoms with E-state index in [2.05, 4.69) is 202 Å². The summed E-state index contributed by atoms with van der Waals surface area (Å²) in [4.78, 5) is 13.0. The van der Waals surface area contributed by atoms with E-state index in [-0.39, 0.29) is 96.9 Å². The first-order valence-electron chi connectivity index (χ1n) is 37.3. The first-order chi connectivity index (χ1) is 44.7. The van der Waals surface area contributed by atoms with Crippen LogP contribution in [0.4, 0.5) is 0 Å². The van der Waals surface area contributed by atoms with Crippen molar-refractivity contribution in [1.29, 1.82) is 0 Å². The SMILES string of the molecule is C=C1CC(CCC/C=C/C(O[Si](C)(C)C(C)(C)C)[C@@H]2O[C@H]3CCC(CC(=O)OC)OC3C(O[Si](C)(C)C(C)(C)C)C2O[Si](C)(C)C(C)(C)C)OC1CCC1C[C@@H](C)C(=C)C(C[C@@H]2OC(CC(CO[Si](C)(C)C(C)(C)C)O[Si](C)(C)C(C)(C)C)[C@H](OC)[C@H]2CS(=O)(=O)c2ccccc2)O1. The van der Waals surface area contributed by atoms with E-state index in [1.165, 1.54) is 7.11 Å². The molecular formula is C77H140O15SSi5. The summed E-state index contributed by atoms with van der Waals surface area (Å²) in [6.45, 7) is 68.8. The van der Waals surface area contributed by atoms with Crippen LogP contribution in [0.15, 0.2) is 71.7 Å². The number of sulfone groups is 1. The molecule has 0 aromatic heterocycles. The van der Waals surface area contributed by atoms with E-state index in [1.807, 2.05) is 6.07 Å². The highest BCUT2D eigenvalue weighted by Gasteiger charge is 2.59. The number of benzene rings is 1. The van der Waals surface area contributed by atoms with Gasteiger partial charge in [0, 0.05) is 25.9 Å². The molecule has 0 spiro atoms. The largest absolute Gasteiger partial charge is 0.469 e. The second kappa shape index (κ2) is 33.1. The van der Waals surface area contributed by atoms with Crippen LogP contribution >= 0.6 is 0 Å².